The van der Waals surface area contributed by atoms with Crippen LogP contribution in [0, 0.1) is 5.92 Å². The smallest absolute Gasteiger partial charge is 0.328 e. The van der Waals surface area contributed by atoms with Crippen molar-refractivity contribution in [3.63, 3.8) is 0 Å². The first kappa shape index (κ1) is 14.3. The molecule has 0 fully saturated rings. The first-order valence-electron chi connectivity index (χ1n) is 6.87. The van der Waals surface area contributed by atoms with Crippen LogP contribution < -0.4 is 0 Å². The van der Waals surface area contributed by atoms with E-state index in [9.17, 15) is 9.90 Å². The number of hydrogen-bond acceptors (Lipinski definition) is 2. The Balaban J connectivity index is 2.35. The van der Waals surface area contributed by atoms with Crippen molar-refractivity contribution in [3.8, 4) is 0 Å². The van der Waals surface area contributed by atoms with Crippen LogP contribution in [0.5, 0.6) is 0 Å². The number of carboxylic acids is 1. The first-order chi connectivity index (χ1) is 9.63. The molecule has 0 aliphatic rings. The Kier molecular flexibility index (Phi) is 4.51. The molecule has 0 heterocycles. The fourth-order valence-corrected chi connectivity index (χ4v) is 2.20. The maximum Gasteiger partial charge on any atom is 0.328 e. The molecule has 2 unspecified atom stereocenters. The number of benzene rings is 2. The summed E-state index contributed by atoms with van der Waals surface area (Å²) in [6.07, 6.45) is 2.48. The third-order valence-corrected chi connectivity index (χ3v) is 3.63. The number of aliphatic carboxylic acids is 1. The second-order valence-corrected chi connectivity index (χ2v) is 5.02. The van der Waals surface area contributed by atoms with E-state index in [-0.39, 0.29) is 5.92 Å². The van der Waals surface area contributed by atoms with Gasteiger partial charge in [0.05, 0.1) is 0 Å². The zero-order valence-electron chi connectivity index (χ0n) is 11.8. The van der Waals surface area contributed by atoms with Crippen LogP contribution >= 0.6 is 0 Å². The van der Waals surface area contributed by atoms with Gasteiger partial charge in [0.2, 0.25) is 0 Å². The minimum Gasteiger partial charge on any atom is -0.480 e. The molecule has 2 aromatic rings. The standard InChI is InChI=1S/C17H19NO2/c1-3-12(2)16(17(19)20)18-11-14-9-6-8-13-7-4-5-10-15(13)14/h4-12,16H,3H2,1-2H3,(H,19,20)/b18-11+. The Morgan fingerprint density at radius 3 is 2.65 bits per heavy atom. The number of carboxylic acid groups (broad SMARTS) is 1. The Morgan fingerprint density at radius 1 is 1.25 bits per heavy atom. The third-order valence-electron chi connectivity index (χ3n) is 3.63. The van der Waals surface area contributed by atoms with Crippen molar-refractivity contribution in [1.29, 1.82) is 0 Å². The van der Waals surface area contributed by atoms with Crippen LogP contribution in [0.2, 0.25) is 0 Å². The third kappa shape index (κ3) is 3.05. The molecule has 0 amide bonds. The zero-order chi connectivity index (χ0) is 14.5. The number of fused-ring (bicyclic) bond motifs is 1. The topological polar surface area (TPSA) is 49.7 Å². The lowest BCUT2D eigenvalue weighted by Crippen LogP contribution is -2.25. The molecule has 2 aromatic carbocycles. The van der Waals surface area contributed by atoms with Crippen LogP contribution in [0.15, 0.2) is 47.5 Å². The SMILES string of the molecule is CCC(C)C(/N=C/c1cccc2ccccc12)C(=O)O. The van der Waals surface area contributed by atoms with E-state index in [1.165, 1.54) is 0 Å². The van der Waals surface area contributed by atoms with E-state index in [4.69, 9.17) is 0 Å². The van der Waals surface area contributed by atoms with Gasteiger partial charge < -0.3 is 5.11 Å². The van der Waals surface area contributed by atoms with Gasteiger partial charge in [-0.1, -0.05) is 62.7 Å². The van der Waals surface area contributed by atoms with Crippen molar-refractivity contribution in [1.82, 2.24) is 0 Å². The molecule has 20 heavy (non-hydrogen) atoms. The molecule has 0 aliphatic heterocycles. The molecular formula is C17H19NO2. The van der Waals surface area contributed by atoms with Crippen molar-refractivity contribution >= 4 is 23.0 Å². The lowest BCUT2D eigenvalue weighted by molar-refractivity contribution is -0.139. The number of nitrogens with zero attached hydrogens (tertiary/aromatic N) is 1. The highest BCUT2D eigenvalue weighted by Gasteiger charge is 2.21. The fourth-order valence-electron chi connectivity index (χ4n) is 2.20. The predicted octanol–water partition coefficient (Wildman–Crippen LogP) is 3.76. The summed E-state index contributed by atoms with van der Waals surface area (Å²) >= 11 is 0. The van der Waals surface area contributed by atoms with E-state index < -0.39 is 12.0 Å². The molecule has 2 rings (SSSR count). The summed E-state index contributed by atoms with van der Waals surface area (Å²) in [7, 11) is 0. The Labute approximate surface area is 119 Å². The van der Waals surface area contributed by atoms with Crippen LogP contribution in [0.1, 0.15) is 25.8 Å². The van der Waals surface area contributed by atoms with Crippen LogP contribution in [0.3, 0.4) is 0 Å². The Morgan fingerprint density at radius 2 is 1.95 bits per heavy atom. The molecule has 1 N–H and O–H groups in total. The number of hydrogen-bond donors (Lipinski definition) is 1. The molecule has 0 aromatic heterocycles. The van der Waals surface area contributed by atoms with Gasteiger partial charge in [-0.25, -0.2) is 4.79 Å². The van der Waals surface area contributed by atoms with E-state index >= 15 is 0 Å². The van der Waals surface area contributed by atoms with Crippen molar-refractivity contribution in [2.24, 2.45) is 10.9 Å². The second kappa shape index (κ2) is 6.33. The molecule has 0 saturated heterocycles. The van der Waals surface area contributed by atoms with E-state index in [0.717, 1.165) is 22.8 Å². The summed E-state index contributed by atoms with van der Waals surface area (Å²) in [5.74, 6) is -0.838. The fraction of sp³-hybridized carbons (Fsp3) is 0.294. The van der Waals surface area contributed by atoms with E-state index in [0.29, 0.717) is 0 Å². The molecule has 3 nitrogen and oxygen atoms in total. The number of rotatable bonds is 5. The minimum atomic E-state index is -0.865. The summed E-state index contributed by atoms with van der Waals surface area (Å²) in [5.41, 5.74) is 0.956. The molecule has 0 aliphatic carbocycles. The van der Waals surface area contributed by atoms with E-state index in [2.05, 4.69) is 4.99 Å². The van der Waals surface area contributed by atoms with E-state index in [1.54, 1.807) is 6.21 Å². The van der Waals surface area contributed by atoms with Crippen molar-refractivity contribution in [2.75, 3.05) is 0 Å². The van der Waals surface area contributed by atoms with Gasteiger partial charge in [-0.05, 0) is 16.7 Å². The lowest BCUT2D eigenvalue weighted by Gasteiger charge is -2.14. The van der Waals surface area contributed by atoms with Gasteiger partial charge in [0.25, 0.3) is 0 Å². The number of carbonyl (C=O) groups is 1. The first-order valence-corrected chi connectivity index (χ1v) is 6.87. The predicted molar refractivity (Wildman–Crippen MR) is 82.4 cm³/mol. The lowest BCUT2D eigenvalue weighted by atomic mass is 9.99. The van der Waals surface area contributed by atoms with Gasteiger partial charge >= 0.3 is 5.97 Å². The molecule has 104 valence electrons. The number of aliphatic imine (C=N–C) groups is 1. The van der Waals surface area contributed by atoms with Gasteiger partial charge in [0, 0.05) is 11.8 Å². The van der Waals surface area contributed by atoms with Gasteiger partial charge in [0.15, 0.2) is 0 Å². The molecule has 0 spiro atoms. The minimum absolute atomic E-state index is 0.0266. The highest BCUT2D eigenvalue weighted by molar-refractivity contribution is 6.00. The Hall–Kier alpha value is -2.16. The van der Waals surface area contributed by atoms with E-state index in [1.807, 2.05) is 56.3 Å². The summed E-state index contributed by atoms with van der Waals surface area (Å²) in [6.45, 7) is 3.90. The van der Waals surface area contributed by atoms with Crippen LogP contribution in [-0.4, -0.2) is 23.3 Å². The highest BCUT2D eigenvalue weighted by Crippen LogP contribution is 2.18. The normalized spacial score (nSPS) is 14.5. The van der Waals surface area contributed by atoms with Crippen molar-refractivity contribution in [3.05, 3.63) is 48.0 Å². The monoisotopic (exact) mass is 269 g/mol. The quantitative estimate of drug-likeness (QED) is 0.840. The second-order valence-electron chi connectivity index (χ2n) is 5.02. The van der Waals surface area contributed by atoms with Crippen LogP contribution in [0.4, 0.5) is 0 Å². The molecule has 0 bridgehead atoms. The van der Waals surface area contributed by atoms with Gasteiger partial charge in [-0.2, -0.15) is 0 Å². The maximum atomic E-state index is 11.3. The van der Waals surface area contributed by atoms with Gasteiger partial charge in [-0.15, -0.1) is 0 Å². The van der Waals surface area contributed by atoms with Gasteiger partial charge in [-0.3, -0.25) is 4.99 Å². The zero-order valence-corrected chi connectivity index (χ0v) is 11.8. The molecule has 0 radical (unpaired) electrons. The summed E-state index contributed by atoms with van der Waals surface area (Å²) in [4.78, 5) is 15.6. The largest absolute Gasteiger partial charge is 0.480 e. The van der Waals surface area contributed by atoms with Crippen molar-refractivity contribution in [2.45, 2.75) is 26.3 Å². The van der Waals surface area contributed by atoms with Gasteiger partial charge in [0.1, 0.15) is 6.04 Å². The molecular weight excluding hydrogens is 250 g/mol. The summed E-state index contributed by atoms with van der Waals surface area (Å²) in [6, 6.07) is 13.3. The van der Waals surface area contributed by atoms with Crippen LogP contribution in [0.25, 0.3) is 10.8 Å². The summed E-state index contributed by atoms with van der Waals surface area (Å²) in [5, 5.41) is 11.5. The molecule has 0 saturated carbocycles. The average Bonchev–Trinajstić information content (AvgIpc) is 2.47. The summed E-state index contributed by atoms with van der Waals surface area (Å²) < 4.78 is 0. The van der Waals surface area contributed by atoms with Crippen LogP contribution in [-0.2, 0) is 4.79 Å². The Bertz CT molecular complexity index is 628. The maximum absolute atomic E-state index is 11.3. The molecule has 3 heteroatoms. The molecule has 2 atom stereocenters. The highest BCUT2D eigenvalue weighted by atomic mass is 16.4. The average molecular weight is 269 g/mol. The van der Waals surface area contributed by atoms with Crippen molar-refractivity contribution < 1.29 is 9.90 Å².